The molecule has 0 radical (unpaired) electrons. The molecule has 4 atom stereocenters. The van der Waals surface area contributed by atoms with Crippen molar-refractivity contribution in [3.63, 3.8) is 0 Å². The predicted octanol–water partition coefficient (Wildman–Crippen LogP) is 19.1. The number of aliphatic imine (C=N–C) groups is 4. The largest absolute Gasteiger partial charge is 0.497 e. The van der Waals surface area contributed by atoms with Crippen LogP contribution in [0.4, 0.5) is 11.4 Å². The number of aliphatic hydroxyl groups is 1. The van der Waals surface area contributed by atoms with Gasteiger partial charge in [-0.05, 0) is 163 Å². The normalized spacial score (nSPS) is 14.9. The fraction of sp³-hybridized carbons (Fsp3) is 0.261. The number of fused-ring (bicyclic) bond motifs is 12. The van der Waals surface area contributed by atoms with Crippen LogP contribution in [0, 0.1) is 69.2 Å². The number of benzene rings is 6. The molecule has 0 bridgehead atoms. The number of carbonyl (C=O) groups excluding carboxylic acids is 4. The lowest BCUT2D eigenvalue weighted by atomic mass is 9.97. The molecule has 0 aliphatic carbocycles. The lowest BCUT2D eigenvalue weighted by Gasteiger charge is -2.12. The van der Waals surface area contributed by atoms with Crippen molar-refractivity contribution >= 4 is 138 Å². The van der Waals surface area contributed by atoms with Gasteiger partial charge in [-0.3, -0.25) is 57.4 Å². The van der Waals surface area contributed by atoms with Gasteiger partial charge < -0.3 is 34.1 Å². The van der Waals surface area contributed by atoms with Crippen molar-refractivity contribution in [3.05, 3.63) is 294 Å². The maximum atomic E-state index is 12.3. The number of aliphatic hydroxyl groups excluding tert-OH is 1. The Morgan fingerprint density at radius 2 is 0.651 bits per heavy atom. The zero-order valence-corrected chi connectivity index (χ0v) is 76.9. The number of methoxy groups -OCH3 is 5. The Balaban J connectivity index is 0.000000130. The van der Waals surface area contributed by atoms with E-state index in [2.05, 4.69) is 98.1 Å². The van der Waals surface area contributed by atoms with Crippen LogP contribution in [-0.2, 0) is 44.7 Å². The number of anilines is 2. The maximum absolute atomic E-state index is 12.3. The van der Waals surface area contributed by atoms with Gasteiger partial charge in [0.2, 0.25) is 0 Å². The van der Waals surface area contributed by atoms with E-state index in [-0.39, 0.29) is 56.2 Å². The van der Waals surface area contributed by atoms with E-state index < -0.39 is 24.2 Å². The summed E-state index contributed by atoms with van der Waals surface area (Å²) in [5, 5.41) is 53.0. The van der Waals surface area contributed by atoms with Crippen molar-refractivity contribution in [2.24, 2.45) is 20.0 Å². The first-order valence-corrected chi connectivity index (χ1v) is 44.3. The molecule has 0 fully saturated rings. The summed E-state index contributed by atoms with van der Waals surface area (Å²) in [6.45, 7) is 19.9. The minimum atomic E-state index is -0.563. The van der Waals surface area contributed by atoms with Crippen molar-refractivity contribution in [1.82, 2.24) is 59.1 Å². The molecular weight excluding hydrogens is 1740 g/mol. The van der Waals surface area contributed by atoms with Crippen molar-refractivity contribution in [1.29, 1.82) is 0 Å². The van der Waals surface area contributed by atoms with Gasteiger partial charge in [0.15, 0.2) is 23.3 Å². The molecular formula is C92H86Cl3N17O10S4. The van der Waals surface area contributed by atoms with Gasteiger partial charge in [-0.25, -0.2) is 0 Å². The fourth-order valence-corrected chi connectivity index (χ4v) is 20.5. The number of hydrogen-bond donors (Lipinski definition) is 2. The molecule has 126 heavy (non-hydrogen) atoms. The maximum Gasteiger partial charge on any atom is 0.308 e. The van der Waals surface area contributed by atoms with Crippen LogP contribution in [0.1, 0.15) is 178 Å². The molecule has 4 aliphatic heterocycles. The Morgan fingerprint density at radius 3 is 0.992 bits per heavy atom. The van der Waals surface area contributed by atoms with E-state index in [1.807, 2.05) is 187 Å². The summed E-state index contributed by atoms with van der Waals surface area (Å²) in [4.78, 5) is 72.0. The minimum Gasteiger partial charge on any atom is -0.497 e. The molecule has 0 saturated heterocycles. The smallest absolute Gasteiger partial charge is 0.308 e. The lowest BCUT2D eigenvalue weighted by Crippen LogP contribution is -2.12. The highest BCUT2D eigenvalue weighted by Crippen LogP contribution is 2.46. The Bertz CT molecular complexity index is 6440. The first-order chi connectivity index (χ1) is 60.7. The Morgan fingerprint density at radius 1 is 0.357 bits per heavy atom. The third-order valence-corrected chi connectivity index (χ3v) is 27.8. The van der Waals surface area contributed by atoms with Crippen LogP contribution >= 0.6 is 80.1 Å². The second kappa shape index (κ2) is 37.8. The van der Waals surface area contributed by atoms with Crippen LogP contribution in [0.15, 0.2) is 172 Å². The standard InChI is InChI=1S/C27H26N4O4S.C26H25N5O2S.C20H19ClN4O2S.C19H16Cl2N4O2S/c1-15-22(14-32)36-27-24(15)25(28-21(13-23(33)35-4)26-30-29-16(2)31(26)27)19-7-5-17(6-8-19)18-9-11-20(34-3)12-10-18;1-15-16(2)34-26-23(15)24(18-10-12-20(13-11-18)27-19-8-6-5-7-9-19)28-21(14-22(32)33-4)25-30-29-17(3)31(25)26;1-10-11(2)28-20-17(10)18(13-5-7-14(21)8-6-13)22-15(9-16(26)27-4)19-24-23-12(3)25(19)20;1-9-15-16(11-4-6-12(20)7-5-11)22-13(8-14(26)27-3)18-24-23-10(2)25(18)19(15)28-17(9)21/h5-12,21,32H,13-14H2,1-4H3;5-13,21,27H,14H2,1-4H3;5-8,15H,9H2,1-4H3;4-7,13H,8H2,1-3H3/t2*21-;15-;13-/m0000/s1. The van der Waals surface area contributed by atoms with E-state index in [0.717, 1.165) is 149 Å². The quantitative estimate of drug-likeness (QED) is 0.0632. The van der Waals surface area contributed by atoms with Crippen molar-refractivity contribution in [3.8, 4) is 36.9 Å². The number of carbonyl (C=O) groups is 4. The summed E-state index contributed by atoms with van der Waals surface area (Å²) in [5.74, 6) is 4.80. The first-order valence-electron chi connectivity index (χ1n) is 39.9. The number of halogens is 3. The average molecular weight is 1820 g/mol. The molecule has 2 N–H and O–H groups in total. The molecule has 6 aromatic carbocycles. The van der Waals surface area contributed by atoms with E-state index >= 15 is 0 Å². The SMILES string of the molecule is COC(=O)C[C@@H]1N=C(c2ccc(-c3ccc(OC)cc3)cc2)c2c(sc(CO)c2C)-n2c(C)nnc21.COC(=O)C[C@@H]1N=C(c2ccc(Cl)cc2)c2c(sc(C)c2C)-n2c(C)nnc21.COC(=O)C[C@@H]1N=C(c2ccc(Cl)cc2)c2c(sc(Cl)c2C)-n2c(C)nnc21.COC(=O)C[C@@H]1N=C(c2ccc(Nc3ccccc3)cc2)c2c(sc(C)c2C)-n2c(C)nnc21. The van der Waals surface area contributed by atoms with Gasteiger partial charge in [0, 0.05) is 80.6 Å². The van der Waals surface area contributed by atoms with E-state index in [0.29, 0.717) is 49.3 Å². The number of aryl methyl sites for hydroxylation is 6. The van der Waals surface area contributed by atoms with E-state index in [1.54, 1.807) is 29.8 Å². The van der Waals surface area contributed by atoms with Crippen LogP contribution < -0.4 is 10.1 Å². The van der Waals surface area contributed by atoms with E-state index in [9.17, 15) is 24.3 Å². The molecule has 18 rings (SSSR count). The molecule has 0 amide bonds. The summed E-state index contributed by atoms with van der Waals surface area (Å²) in [6.07, 6.45) is 0.299. The average Bonchev–Trinajstić information content (AvgIpc) is 1.62. The molecule has 14 aromatic rings. The highest BCUT2D eigenvalue weighted by atomic mass is 35.5. The van der Waals surface area contributed by atoms with Crippen LogP contribution in [0.5, 0.6) is 5.75 Å². The van der Waals surface area contributed by atoms with Crippen LogP contribution in [-0.4, -0.2) is 146 Å². The van der Waals surface area contributed by atoms with Crippen molar-refractivity contribution in [2.75, 3.05) is 40.9 Å². The summed E-state index contributed by atoms with van der Waals surface area (Å²) in [7, 11) is 7.15. The van der Waals surface area contributed by atoms with Gasteiger partial charge in [-0.15, -0.1) is 86.1 Å². The molecule has 8 aromatic heterocycles. The first kappa shape index (κ1) is 88.5. The summed E-state index contributed by atoms with van der Waals surface area (Å²) < 4.78 is 33.5. The van der Waals surface area contributed by atoms with Crippen LogP contribution in [0.3, 0.4) is 0 Å². The monoisotopic (exact) mass is 1820 g/mol. The van der Waals surface area contributed by atoms with Gasteiger partial charge in [0.25, 0.3) is 0 Å². The molecule has 27 nitrogen and oxygen atoms in total. The molecule has 0 unspecified atom stereocenters. The number of aromatic nitrogens is 12. The molecule has 644 valence electrons. The number of para-hydroxylation sites is 1. The van der Waals surface area contributed by atoms with Crippen molar-refractivity contribution in [2.45, 2.75) is 126 Å². The summed E-state index contributed by atoms with van der Waals surface area (Å²) >= 11 is 25.0. The highest BCUT2D eigenvalue weighted by Gasteiger charge is 2.39. The van der Waals surface area contributed by atoms with Crippen LogP contribution in [0.2, 0.25) is 14.4 Å². The topological polar surface area (TPSA) is 319 Å². The molecule has 0 saturated carbocycles. The second-order valence-corrected chi connectivity index (χ2v) is 35.8. The number of rotatable bonds is 17. The molecule has 0 spiro atoms. The minimum absolute atomic E-state index is 0.0446. The Kier molecular flexibility index (Phi) is 26.6. The van der Waals surface area contributed by atoms with Gasteiger partial charge >= 0.3 is 23.9 Å². The number of nitrogens with one attached hydrogen (secondary N) is 1. The Hall–Kier alpha value is -12.3. The third-order valence-electron chi connectivity index (χ3n) is 22.1. The van der Waals surface area contributed by atoms with E-state index in [1.165, 1.54) is 66.4 Å². The molecule has 12 heterocycles. The number of nitrogens with zero attached hydrogens (tertiary/aromatic N) is 16. The zero-order valence-electron chi connectivity index (χ0n) is 71.3. The van der Waals surface area contributed by atoms with E-state index in [4.69, 9.17) is 78.5 Å². The fourth-order valence-electron chi connectivity index (χ4n) is 15.2. The number of esters is 4. The number of hydrogen-bond acceptors (Lipinski definition) is 27. The molecule has 34 heteroatoms. The predicted molar refractivity (Wildman–Crippen MR) is 493 cm³/mol. The summed E-state index contributed by atoms with van der Waals surface area (Å²) in [6, 6.07) is 47.3. The van der Waals surface area contributed by atoms with Gasteiger partial charge in [0.05, 0.1) is 95.0 Å². The second-order valence-electron chi connectivity index (χ2n) is 29.8. The van der Waals surface area contributed by atoms with Gasteiger partial charge in [-0.1, -0.05) is 126 Å². The Labute approximate surface area is 757 Å². The highest BCUT2D eigenvalue weighted by molar-refractivity contribution is 7.19. The van der Waals surface area contributed by atoms with Crippen molar-refractivity contribution < 1.29 is 48.0 Å². The third kappa shape index (κ3) is 17.7. The van der Waals surface area contributed by atoms with Gasteiger partial charge in [-0.2, -0.15) is 0 Å². The summed E-state index contributed by atoms with van der Waals surface area (Å²) in [5.41, 5.74) is 19.2. The molecule has 4 aliphatic rings. The van der Waals surface area contributed by atoms with Gasteiger partial charge in [0.1, 0.15) is 73.2 Å². The number of thiophene rings is 4. The van der Waals surface area contributed by atoms with Crippen LogP contribution in [0.25, 0.3) is 31.1 Å². The number of ether oxygens (including phenoxy) is 5. The lowest BCUT2D eigenvalue weighted by molar-refractivity contribution is -0.142. The zero-order chi connectivity index (χ0) is 89.2.